The molecule has 3 aromatic rings. The average molecular weight is 427 g/mol. The van der Waals surface area contributed by atoms with Gasteiger partial charge in [-0.15, -0.1) is 0 Å². The Balaban J connectivity index is 2.45. The zero-order valence-electron chi connectivity index (χ0n) is 20.8. The minimum atomic E-state index is -0.132. The van der Waals surface area contributed by atoms with Gasteiger partial charge in [0, 0.05) is 11.1 Å². The van der Waals surface area contributed by atoms with Gasteiger partial charge in [-0.25, -0.2) is 0 Å². The van der Waals surface area contributed by atoms with Gasteiger partial charge < -0.3 is 5.11 Å². The smallest absolute Gasteiger partial charge is 0.197 e. The first-order chi connectivity index (χ1) is 14.9. The third-order valence-corrected chi connectivity index (χ3v) is 6.21. The van der Waals surface area contributed by atoms with E-state index in [2.05, 4.69) is 31.2 Å². The monoisotopic (exact) mass is 426 g/mol. The summed E-state index contributed by atoms with van der Waals surface area (Å²) in [7, 11) is 0. The second-order valence-electron chi connectivity index (χ2n) is 9.37. The Kier molecular flexibility index (Phi) is 6.46. The van der Waals surface area contributed by atoms with Crippen LogP contribution in [-0.4, -0.2) is 10.9 Å². The van der Waals surface area contributed by atoms with Crippen LogP contribution in [0, 0.1) is 62.3 Å². The molecule has 0 bridgehead atoms. The number of aryl methyl sites for hydroxylation is 9. The summed E-state index contributed by atoms with van der Waals surface area (Å²) in [6, 6.07) is 12.3. The van der Waals surface area contributed by atoms with Gasteiger partial charge in [0.05, 0.1) is 5.57 Å². The first-order valence-corrected chi connectivity index (χ1v) is 11.1. The van der Waals surface area contributed by atoms with Crippen LogP contribution in [0.1, 0.15) is 71.6 Å². The van der Waals surface area contributed by atoms with Crippen molar-refractivity contribution in [1.29, 1.82) is 0 Å². The Labute approximate surface area is 192 Å². The lowest BCUT2D eigenvalue weighted by molar-refractivity contribution is 0.105. The van der Waals surface area contributed by atoms with Gasteiger partial charge in [-0.3, -0.25) is 4.79 Å². The van der Waals surface area contributed by atoms with Crippen LogP contribution in [0.5, 0.6) is 0 Å². The molecule has 0 saturated carbocycles. The molecule has 0 aliphatic rings. The van der Waals surface area contributed by atoms with Crippen LogP contribution in [-0.2, 0) is 0 Å². The maximum absolute atomic E-state index is 14.2. The van der Waals surface area contributed by atoms with Gasteiger partial charge in [0.25, 0.3) is 0 Å². The number of carbonyl (C=O) groups excluding carboxylic acids is 1. The Morgan fingerprint density at radius 1 is 0.500 bits per heavy atom. The summed E-state index contributed by atoms with van der Waals surface area (Å²) in [6.45, 7) is 18.1. The third-order valence-electron chi connectivity index (χ3n) is 6.21. The van der Waals surface area contributed by atoms with E-state index in [4.69, 9.17) is 0 Å². The predicted octanol–water partition coefficient (Wildman–Crippen LogP) is 7.77. The number of ketones is 1. The van der Waals surface area contributed by atoms with Crippen LogP contribution in [0.25, 0.3) is 11.3 Å². The van der Waals surface area contributed by atoms with Crippen LogP contribution < -0.4 is 0 Å². The normalized spacial score (nSPS) is 12.0. The summed E-state index contributed by atoms with van der Waals surface area (Å²) in [5.74, 6) is -0.0774. The fraction of sp³-hybridized carbons (Fsp3) is 0.300. The number of carbonyl (C=O) groups is 1. The fourth-order valence-corrected chi connectivity index (χ4v) is 5.26. The number of hydrogen-bond donors (Lipinski definition) is 1. The van der Waals surface area contributed by atoms with Gasteiger partial charge in [-0.05, 0) is 101 Å². The molecular weight excluding hydrogens is 392 g/mol. The minimum absolute atomic E-state index is 0.0550. The van der Waals surface area contributed by atoms with E-state index in [-0.39, 0.29) is 11.5 Å². The summed E-state index contributed by atoms with van der Waals surface area (Å²) < 4.78 is 0. The molecule has 0 radical (unpaired) electrons. The third kappa shape index (κ3) is 4.27. The van der Waals surface area contributed by atoms with Crippen LogP contribution in [0.4, 0.5) is 0 Å². The van der Waals surface area contributed by atoms with Crippen molar-refractivity contribution in [3.05, 3.63) is 103 Å². The van der Waals surface area contributed by atoms with Gasteiger partial charge in [0.1, 0.15) is 5.76 Å². The molecule has 0 spiro atoms. The predicted molar refractivity (Wildman–Crippen MR) is 136 cm³/mol. The summed E-state index contributed by atoms with van der Waals surface area (Å²) in [4.78, 5) is 14.2. The van der Waals surface area contributed by atoms with E-state index in [1.165, 1.54) is 0 Å². The van der Waals surface area contributed by atoms with Crippen LogP contribution in [0.15, 0.2) is 36.4 Å². The summed E-state index contributed by atoms with van der Waals surface area (Å²) in [6.07, 6.45) is 0. The molecule has 0 fully saturated rings. The van der Waals surface area contributed by atoms with Gasteiger partial charge >= 0.3 is 0 Å². The van der Waals surface area contributed by atoms with E-state index in [0.29, 0.717) is 11.1 Å². The lowest BCUT2D eigenvalue weighted by atomic mass is 9.83. The topological polar surface area (TPSA) is 37.3 Å². The van der Waals surface area contributed by atoms with Crippen molar-refractivity contribution in [2.75, 3.05) is 0 Å². The fourth-order valence-electron chi connectivity index (χ4n) is 5.26. The maximum Gasteiger partial charge on any atom is 0.197 e. The second-order valence-corrected chi connectivity index (χ2v) is 9.37. The molecule has 0 aromatic heterocycles. The quantitative estimate of drug-likeness (QED) is 0.200. The van der Waals surface area contributed by atoms with E-state index >= 15 is 0 Å². The van der Waals surface area contributed by atoms with Gasteiger partial charge in [-0.2, -0.15) is 0 Å². The minimum Gasteiger partial charge on any atom is -0.507 e. The zero-order valence-corrected chi connectivity index (χ0v) is 20.8. The number of rotatable bonds is 4. The second kappa shape index (κ2) is 8.78. The molecule has 1 N–H and O–H groups in total. The maximum atomic E-state index is 14.2. The zero-order chi connectivity index (χ0) is 23.9. The summed E-state index contributed by atoms with van der Waals surface area (Å²) in [5, 5.41) is 11.7. The number of aliphatic hydroxyl groups excluding tert-OH is 1. The largest absolute Gasteiger partial charge is 0.507 e. The van der Waals surface area contributed by atoms with E-state index in [1.807, 2.05) is 67.5 Å². The lowest BCUT2D eigenvalue weighted by Crippen LogP contribution is -2.13. The highest BCUT2D eigenvalue weighted by atomic mass is 16.3. The molecule has 2 nitrogen and oxygen atoms in total. The highest BCUT2D eigenvalue weighted by Gasteiger charge is 2.27. The van der Waals surface area contributed by atoms with E-state index in [0.717, 1.165) is 61.2 Å². The standard InChI is InChI=1S/C30H34O2/c1-16-10-19(4)25(20(5)11-16)28(29(31)26-21(6)12-17(2)13-22(26)7)30(32)27-23(8)14-18(3)15-24(27)9/h10-15,31H,1-9H3. The summed E-state index contributed by atoms with van der Waals surface area (Å²) >= 11 is 0. The Morgan fingerprint density at radius 2 is 0.781 bits per heavy atom. The molecule has 166 valence electrons. The van der Waals surface area contributed by atoms with Crippen LogP contribution >= 0.6 is 0 Å². The van der Waals surface area contributed by atoms with Crippen molar-refractivity contribution < 1.29 is 9.90 Å². The number of Topliss-reactive ketones (excluding diaryl/α,β-unsaturated/α-hetero) is 1. The van der Waals surface area contributed by atoms with E-state index in [1.54, 1.807) is 0 Å². The molecular formula is C30H34O2. The van der Waals surface area contributed by atoms with E-state index in [9.17, 15) is 9.90 Å². The Morgan fingerprint density at radius 3 is 1.12 bits per heavy atom. The first kappa shape index (κ1) is 23.5. The number of hydrogen-bond acceptors (Lipinski definition) is 2. The van der Waals surface area contributed by atoms with Crippen molar-refractivity contribution in [1.82, 2.24) is 0 Å². The molecule has 0 heterocycles. The molecule has 0 aliphatic carbocycles. The molecule has 0 unspecified atom stereocenters. The Bertz CT molecular complexity index is 1200. The molecule has 0 aliphatic heterocycles. The molecule has 0 atom stereocenters. The van der Waals surface area contributed by atoms with Gasteiger partial charge in [0.2, 0.25) is 0 Å². The average Bonchev–Trinajstić information content (AvgIpc) is 2.62. The number of allylic oxidation sites excluding steroid dienone is 1. The summed E-state index contributed by atoms with van der Waals surface area (Å²) in [5.41, 5.74) is 11.8. The van der Waals surface area contributed by atoms with Crippen molar-refractivity contribution >= 4 is 17.1 Å². The van der Waals surface area contributed by atoms with Crippen molar-refractivity contribution in [2.24, 2.45) is 0 Å². The Hall–Kier alpha value is -3.13. The number of benzene rings is 3. The number of aliphatic hydroxyl groups is 1. The van der Waals surface area contributed by atoms with Crippen molar-refractivity contribution in [2.45, 2.75) is 62.3 Å². The molecule has 0 amide bonds. The highest BCUT2D eigenvalue weighted by molar-refractivity contribution is 6.35. The van der Waals surface area contributed by atoms with Crippen molar-refractivity contribution in [3.8, 4) is 0 Å². The molecule has 2 heteroatoms. The van der Waals surface area contributed by atoms with E-state index < -0.39 is 0 Å². The molecule has 32 heavy (non-hydrogen) atoms. The first-order valence-electron chi connectivity index (χ1n) is 11.1. The SMILES string of the molecule is Cc1cc(C)c(C(=O)C(=C(O)c2c(C)cc(C)cc2C)c2c(C)cc(C)cc2C)c(C)c1. The molecule has 3 aromatic carbocycles. The van der Waals surface area contributed by atoms with Gasteiger partial charge in [0.15, 0.2) is 5.78 Å². The van der Waals surface area contributed by atoms with Gasteiger partial charge in [-0.1, -0.05) is 53.1 Å². The lowest BCUT2D eigenvalue weighted by Gasteiger charge is -2.20. The van der Waals surface area contributed by atoms with Crippen LogP contribution in [0.3, 0.4) is 0 Å². The molecule has 3 rings (SSSR count). The highest BCUT2D eigenvalue weighted by Crippen LogP contribution is 2.36. The van der Waals surface area contributed by atoms with Crippen molar-refractivity contribution in [3.63, 3.8) is 0 Å². The van der Waals surface area contributed by atoms with Crippen LogP contribution in [0.2, 0.25) is 0 Å². The molecule has 0 saturated heterocycles.